The minimum absolute atomic E-state index is 0. The molecule has 3 heteroatoms. The maximum atomic E-state index is 7.57. The molecule has 0 rings (SSSR count). The quantitative estimate of drug-likeness (QED) is 0.650. The first-order valence-corrected chi connectivity index (χ1v) is 1.02. The van der Waals surface area contributed by atoms with Gasteiger partial charge in [-0.1, -0.05) is 0 Å². The van der Waals surface area contributed by atoms with Crippen LogP contribution in [0, 0.1) is 0 Å². The molecule has 0 aromatic carbocycles. The number of hydrogen-bond acceptors (Lipinski definition) is 2. The van der Waals surface area contributed by atoms with E-state index in [0.29, 0.717) is 0 Å². The van der Waals surface area contributed by atoms with Crippen molar-refractivity contribution in [3.63, 3.8) is 0 Å². The number of aliphatic hydroxyl groups excluding tert-OH is 1. The third kappa shape index (κ3) is 84.7. The maximum absolute atomic E-state index is 7.57. The van der Waals surface area contributed by atoms with Gasteiger partial charge in [-0.25, -0.2) is 0 Å². The molecule has 0 fully saturated rings. The van der Waals surface area contributed by atoms with Gasteiger partial charge in [-0.3, -0.25) is 0 Å². The molecular weight excluding hydrogens is 249 g/mol. The number of rotatable bonds is 0. The van der Waals surface area contributed by atoms with Crippen molar-refractivity contribution in [1.82, 2.24) is 6.15 Å². The SMILES string of the molecule is CCO.N.[Pt]. The summed E-state index contributed by atoms with van der Waals surface area (Å²) in [5, 5.41) is 7.57. The Morgan fingerprint density at radius 2 is 1.60 bits per heavy atom. The maximum Gasteiger partial charge on any atom is 0.0402 e. The second-order valence-electron chi connectivity index (χ2n) is 0.316. The van der Waals surface area contributed by atoms with Gasteiger partial charge in [0.1, 0.15) is 0 Å². The van der Waals surface area contributed by atoms with E-state index in [0.717, 1.165) is 0 Å². The minimum Gasteiger partial charge on any atom is -0.397 e. The van der Waals surface area contributed by atoms with E-state index in [2.05, 4.69) is 0 Å². The van der Waals surface area contributed by atoms with Crippen molar-refractivity contribution in [2.45, 2.75) is 6.92 Å². The molecule has 5 heavy (non-hydrogen) atoms. The summed E-state index contributed by atoms with van der Waals surface area (Å²) in [5.41, 5.74) is 0. The van der Waals surface area contributed by atoms with Gasteiger partial charge in [0.25, 0.3) is 0 Å². The zero-order valence-electron chi connectivity index (χ0n) is 3.18. The largest absolute Gasteiger partial charge is 0.397 e. The summed E-state index contributed by atoms with van der Waals surface area (Å²) in [6, 6.07) is 0. The molecule has 0 unspecified atom stereocenters. The van der Waals surface area contributed by atoms with E-state index in [4.69, 9.17) is 5.11 Å². The monoisotopic (exact) mass is 258 g/mol. The Hall–Kier alpha value is 0.608. The van der Waals surface area contributed by atoms with Gasteiger partial charge in [-0.2, -0.15) is 0 Å². The van der Waals surface area contributed by atoms with Crippen LogP contribution in [0.3, 0.4) is 0 Å². The molecular formula is C2H9NOPt. The summed E-state index contributed by atoms with van der Waals surface area (Å²) in [6.07, 6.45) is 0. The Labute approximate surface area is 46.4 Å². The molecule has 0 radical (unpaired) electrons. The van der Waals surface area contributed by atoms with Gasteiger partial charge in [0.15, 0.2) is 0 Å². The van der Waals surface area contributed by atoms with Crippen LogP contribution in [0.15, 0.2) is 0 Å². The van der Waals surface area contributed by atoms with Gasteiger partial charge >= 0.3 is 0 Å². The molecule has 2 nitrogen and oxygen atoms in total. The van der Waals surface area contributed by atoms with E-state index in [1.54, 1.807) is 6.92 Å². The molecule has 0 amide bonds. The molecule has 38 valence electrons. The second-order valence-corrected chi connectivity index (χ2v) is 0.316. The van der Waals surface area contributed by atoms with Crippen LogP contribution >= 0.6 is 0 Å². The van der Waals surface area contributed by atoms with Crippen molar-refractivity contribution in [2.24, 2.45) is 0 Å². The zero-order valence-corrected chi connectivity index (χ0v) is 5.45. The van der Waals surface area contributed by atoms with E-state index in [-0.39, 0.29) is 33.8 Å². The Bertz CT molecular complexity index is 9.61. The fourth-order valence-corrected chi connectivity index (χ4v) is 0. The first kappa shape index (κ1) is 17.5. The van der Waals surface area contributed by atoms with E-state index in [9.17, 15) is 0 Å². The van der Waals surface area contributed by atoms with Crippen molar-refractivity contribution >= 4 is 0 Å². The van der Waals surface area contributed by atoms with E-state index >= 15 is 0 Å². The van der Waals surface area contributed by atoms with Crippen LogP contribution in [-0.4, -0.2) is 11.7 Å². The Kier molecular flexibility index (Phi) is 81.2. The average molecular weight is 258 g/mol. The van der Waals surface area contributed by atoms with Crippen LogP contribution in [0.4, 0.5) is 0 Å². The van der Waals surface area contributed by atoms with Crippen LogP contribution in [0.5, 0.6) is 0 Å². The fraction of sp³-hybridized carbons (Fsp3) is 1.00. The molecule has 0 aliphatic rings. The molecule has 0 aliphatic carbocycles. The summed E-state index contributed by atoms with van der Waals surface area (Å²) < 4.78 is 0. The smallest absolute Gasteiger partial charge is 0.0402 e. The van der Waals surface area contributed by atoms with Gasteiger partial charge in [0, 0.05) is 27.7 Å². The van der Waals surface area contributed by atoms with Crippen molar-refractivity contribution in [3.05, 3.63) is 0 Å². The summed E-state index contributed by atoms with van der Waals surface area (Å²) in [5.74, 6) is 0. The Balaban J connectivity index is -0.0000000200. The van der Waals surface area contributed by atoms with Crippen LogP contribution in [0.25, 0.3) is 0 Å². The Morgan fingerprint density at radius 3 is 1.60 bits per heavy atom. The third-order valence-electron chi connectivity index (χ3n) is 0. The summed E-state index contributed by atoms with van der Waals surface area (Å²) >= 11 is 0. The molecule has 0 spiro atoms. The van der Waals surface area contributed by atoms with Gasteiger partial charge in [-0.05, 0) is 6.92 Å². The molecule has 0 saturated carbocycles. The number of aliphatic hydroxyl groups is 1. The van der Waals surface area contributed by atoms with Crippen LogP contribution in [0.2, 0.25) is 0 Å². The van der Waals surface area contributed by atoms with E-state index in [1.165, 1.54) is 0 Å². The van der Waals surface area contributed by atoms with Crippen molar-refractivity contribution in [2.75, 3.05) is 6.61 Å². The van der Waals surface area contributed by atoms with Crippen molar-refractivity contribution in [3.8, 4) is 0 Å². The minimum atomic E-state index is 0. The van der Waals surface area contributed by atoms with Crippen molar-refractivity contribution in [1.29, 1.82) is 0 Å². The zero-order chi connectivity index (χ0) is 2.71. The van der Waals surface area contributed by atoms with Gasteiger partial charge in [-0.15, -0.1) is 0 Å². The van der Waals surface area contributed by atoms with Crippen LogP contribution in [-0.2, 0) is 21.1 Å². The first-order chi connectivity index (χ1) is 1.41. The molecule has 0 aromatic heterocycles. The molecule has 4 N–H and O–H groups in total. The van der Waals surface area contributed by atoms with Crippen molar-refractivity contribution < 1.29 is 26.2 Å². The van der Waals surface area contributed by atoms with Gasteiger partial charge in [0.2, 0.25) is 0 Å². The molecule has 0 aromatic rings. The van der Waals surface area contributed by atoms with Gasteiger partial charge in [0.05, 0.1) is 0 Å². The molecule has 0 atom stereocenters. The average Bonchev–Trinajstić information content (AvgIpc) is 0.918. The predicted molar refractivity (Wildman–Crippen MR) is 17.8 cm³/mol. The predicted octanol–water partition coefficient (Wildman–Crippen LogP) is 0.158. The van der Waals surface area contributed by atoms with E-state index in [1.807, 2.05) is 0 Å². The second kappa shape index (κ2) is 23.2. The van der Waals surface area contributed by atoms with Crippen LogP contribution < -0.4 is 6.15 Å². The standard InChI is InChI=1S/C2H6O.H3N.Pt/c1-2-3;;/h3H,2H2,1H3;1H3;. The third-order valence-corrected chi connectivity index (χ3v) is 0. The number of hydrogen-bond donors (Lipinski definition) is 2. The Morgan fingerprint density at radius 1 is 1.60 bits per heavy atom. The normalized spacial score (nSPS) is 3.60. The van der Waals surface area contributed by atoms with Gasteiger partial charge < -0.3 is 11.3 Å². The molecule has 0 aliphatic heterocycles. The topological polar surface area (TPSA) is 55.2 Å². The molecule has 0 bridgehead atoms. The summed E-state index contributed by atoms with van der Waals surface area (Å²) in [7, 11) is 0. The fourth-order valence-electron chi connectivity index (χ4n) is 0. The first-order valence-electron chi connectivity index (χ1n) is 1.02. The molecule has 0 heterocycles. The van der Waals surface area contributed by atoms with E-state index < -0.39 is 0 Å². The van der Waals surface area contributed by atoms with Crippen LogP contribution in [0.1, 0.15) is 6.92 Å². The molecule has 0 saturated heterocycles. The summed E-state index contributed by atoms with van der Waals surface area (Å²) in [6.45, 7) is 1.93. The summed E-state index contributed by atoms with van der Waals surface area (Å²) in [4.78, 5) is 0.